The highest BCUT2D eigenvalue weighted by Gasteiger charge is 2.23. The third-order valence-electron chi connectivity index (χ3n) is 4.24. The van der Waals surface area contributed by atoms with Crippen molar-refractivity contribution in [3.05, 3.63) is 41.4 Å². The topological polar surface area (TPSA) is 100 Å². The molecule has 3 rings (SSSR count). The van der Waals surface area contributed by atoms with Crippen LogP contribution in [-0.2, 0) is 6.54 Å². The number of hydrogen-bond donors (Lipinski definition) is 3. The van der Waals surface area contributed by atoms with Gasteiger partial charge >= 0.3 is 0 Å². The summed E-state index contributed by atoms with van der Waals surface area (Å²) in [7, 11) is 0. The molecule has 0 radical (unpaired) electrons. The lowest BCUT2D eigenvalue weighted by atomic mass is 9.95. The Balaban J connectivity index is 1.60. The summed E-state index contributed by atoms with van der Waals surface area (Å²) >= 11 is 0. The van der Waals surface area contributed by atoms with Crippen molar-refractivity contribution in [3.63, 3.8) is 0 Å². The van der Waals surface area contributed by atoms with Gasteiger partial charge in [-0.15, -0.1) is 0 Å². The van der Waals surface area contributed by atoms with E-state index >= 15 is 0 Å². The second-order valence-corrected chi connectivity index (χ2v) is 6.13. The van der Waals surface area contributed by atoms with Gasteiger partial charge in [0.15, 0.2) is 5.69 Å². The number of hydrogen-bond acceptors (Lipinski definition) is 4. The Morgan fingerprint density at radius 2 is 2.04 bits per heavy atom. The molecule has 0 aliphatic heterocycles. The first-order valence-electron chi connectivity index (χ1n) is 8.31. The average Bonchev–Trinajstić information content (AvgIpc) is 3.22. The van der Waals surface area contributed by atoms with Gasteiger partial charge in [0.25, 0.3) is 11.8 Å². The van der Waals surface area contributed by atoms with Gasteiger partial charge in [0, 0.05) is 6.04 Å². The minimum absolute atomic E-state index is 0.133. The fourth-order valence-electron chi connectivity index (χ4n) is 2.98. The van der Waals surface area contributed by atoms with Gasteiger partial charge in [-0.05, 0) is 31.9 Å². The molecule has 2 amide bonds. The van der Waals surface area contributed by atoms with E-state index in [1.54, 1.807) is 6.07 Å². The molecule has 0 atom stereocenters. The number of carbonyl (C=O) groups excluding carboxylic acids is 2. The summed E-state index contributed by atoms with van der Waals surface area (Å²) in [5.74, 6) is 0.763. The fraction of sp³-hybridized carbons (Fsp3) is 0.471. The maximum absolute atomic E-state index is 12.4. The molecule has 2 heterocycles. The van der Waals surface area contributed by atoms with E-state index in [2.05, 4.69) is 20.6 Å². The molecule has 24 heavy (non-hydrogen) atoms. The van der Waals surface area contributed by atoms with Gasteiger partial charge in [-0.25, -0.2) is 4.98 Å². The van der Waals surface area contributed by atoms with Gasteiger partial charge in [-0.2, -0.15) is 0 Å². The molecule has 0 spiro atoms. The summed E-state index contributed by atoms with van der Waals surface area (Å²) in [5, 5.41) is 5.70. The summed E-state index contributed by atoms with van der Waals surface area (Å²) in [6.07, 6.45) is 6.80. The molecule has 0 aromatic carbocycles. The number of rotatable bonds is 5. The molecule has 7 nitrogen and oxygen atoms in total. The number of nitrogens with zero attached hydrogens (tertiary/aromatic N) is 1. The molecule has 1 saturated carbocycles. The molecule has 3 N–H and O–H groups in total. The Labute approximate surface area is 140 Å². The molecule has 1 fully saturated rings. The Kier molecular flexibility index (Phi) is 4.98. The smallest absolute Gasteiger partial charge is 0.272 e. The molecule has 2 aromatic heterocycles. The maximum Gasteiger partial charge on any atom is 0.272 e. The SMILES string of the molecule is Cc1ccc(CNC(=O)c2[nH]cnc2C(=O)NC2CCCCC2)o1. The van der Waals surface area contributed by atoms with Gasteiger partial charge in [0.2, 0.25) is 0 Å². The number of aromatic nitrogens is 2. The Morgan fingerprint density at radius 1 is 1.25 bits per heavy atom. The van der Waals surface area contributed by atoms with Gasteiger partial charge in [-0.3, -0.25) is 9.59 Å². The summed E-state index contributed by atoms with van der Waals surface area (Å²) in [4.78, 5) is 31.4. The minimum atomic E-state index is -0.379. The molecular formula is C17H22N4O3. The standard InChI is InChI=1S/C17H22N4O3/c1-11-7-8-13(24-11)9-18-16(22)14-15(20-10-19-14)17(23)21-12-5-3-2-4-6-12/h7-8,10,12H,2-6,9H2,1H3,(H,18,22)(H,19,20)(H,21,23). The molecule has 2 aromatic rings. The highest BCUT2D eigenvalue weighted by atomic mass is 16.3. The number of amides is 2. The minimum Gasteiger partial charge on any atom is -0.465 e. The first-order valence-corrected chi connectivity index (χ1v) is 8.31. The Bertz CT molecular complexity index is 713. The molecular weight excluding hydrogens is 308 g/mol. The van der Waals surface area contributed by atoms with E-state index in [-0.39, 0.29) is 35.8 Å². The van der Waals surface area contributed by atoms with Crippen LogP contribution in [0.3, 0.4) is 0 Å². The van der Waals surface area contributed by atoms with Gasteiger partial charge < -0.3 is 20.0 Å². The van der Waals surface area contributed by atoms with E-state index in [0.29, 0.717) is 5.76 Å². The van der Waals surface area contributed by atoms with Crippen molar-refractivity contribution in [3.8, 4) is 0 Å². The fourth-order valence-corrected chi connectivity index (χ4v) is 2.98. The molecule has 1 aliphatic rings. The monoisotopic (exact) mass is 330 g/mol. The van der Waals surface area contributed by atoms with Crippen LogP contribution in [0.25, 0.3) is 0 Å². The average molecular weight is 330 g/mol. The number of aromatic amines is 1. The lowest BCUT2D eigenvalue weighted by Crippen LogP contribution is -2.37. The van der Waals surface area contributed by atoms with E-state index in [1.165, 1.54) is 12.7 Å². The molecule has 128 valence electrons. The number of nitrogens with one attached hydrogen (secondary N) is 3. The maximum atomic E-state index is 12.4. The zero-order valence-corrected chi connectivity index (χ0v) is 13.7. The van der Waals surface area contributed by atoms with Crippen LogP contribution >= 0.6 is 0 Å². The Hall–Kier alpha value is -2.57. The lowest BCUT2D eigenvalue weighted by molar-refractivity contribution is 0.0896. The van der Waals surface area contributed by atoms with E-state index < -0.39 is 0 Å². The van der Waals surface area contributed by atoms with Crippen LogP contribution in [0.4, 0.5) is 0 Å². The predicted molar refractivity (Wildman–Crippen MR) is 87.5 cm³/mol. The quantitative estimate of drug-likeness (QED) is 0.783. The zero-order valence-electron chi connectivity index (χ0n) is 13.7. The highest BCUT2D eigenvalue weighted by molar-refractivity contribution is 6.04. The number of imidazole rings is 1. The molecule has 7 heteroatoms. The van der Waals surface area contributed by atoms with E-state index in [1.807, 2.05) is 13.0 Å². The normalized spacial score (nSPS) is 15.2. The summed E-state index contributed by atoms with van der Waals surface area (Å²) in [6, 6.07) is 3.81. The molecule has 1 aliphatic carbocycles. The summed E-state index contributed by atoms with van der Waals surface area (Å²) < 4.78 is 5.41. The Morgan fingerprint density at radius 3 is 2.75 bits per heavy atom. The second-order valence-electron chi connectivity index (χ2n) is 6.13. The van der Waals surface area contributed by atoms with Crippen molar-refractivity contribution in [1.29, 1.82) is 0 Å². The number of furan rings is 1. The molecule has 0 unspecified atom stereocenters. The molecule has 0 saturated heterocycles. The van der Waals surface area contributed by atoms with Gasteiger partial charge in [-0.1, -0.05) is 19.3 Å². The van der Waals surface area contributed by atoms with E-state index in [0.717, 1.165) is 31.4 Å². The van der Waals surface area contributed by atoms with Gasteiger partial charge in [0.05, 0.1) is 12.9 Å². The summed E-state index contributed by atoms with van der Waals surface area (Å²) in [5.41, 5.74) is 0.306. The van der Waals surface area contributed by atoms with Crippen molar-refractivity contribution >= 4 is 11.8 Å². The van der Waals surface area contributed by atoms with Crippen LogP contribution in [-0.4, -0.2) is 27.8 Å². The zero-order chi connectivity index (χ0) is 16.9. The van der Waals surface area contributed by atoms with E-state index in [4.69, 9.17) is 4.42 Å². The van der Waals surface area contributed by atoms with E-state index in [9.17, 15) is 9.59 Å². The lowest BCUT2D eigenvalue weighted by Gasteiger charge is -2.22. The van der Waals surface area contributed by atoms with Crippen LogP contribution in [0.15, 0.2) is 22.9 Å². The highest BCUT2D eigenvalue weighted by Crippen LogP contribution is 2.18. The van der Waals surface area contributed by atoms with Crippen LogP contribution < -0.4 is 10.6 Å². The second kappa shape index (κ2) is 7.33. The van der Waals surface area contributed by atoms with Crippen molar-refractivity contribution < 1.29 is 14.0 Å². The number of carbonyl (C=O) groups is 2. The first-order chi connectivity index (χ1) is 11.6. The third-order valence-corrected chi connectivity index (χ3v) is 4.24. The third kappa shape index (κ3) is 3.84. The van der Waals surface area contributed by atoms with Crippen molar-refractivity contribution in [2.45, 2.75) is 51.6 Å². The first kappa shape index (κ1) is 16.3. The van der Waals surface area contributed by atoms with Crippen LogP contribution in [0.2, 0.25) is 0 Å². The number of H-pyrrole nitrogens is 1. The van der Waals surface area contributed by atoms with Crippen molar-refractivity contribution in [2.75, 3.05) is 0 Å². The molecule has 0 bridgehead atoms. The van der Waals surface area contributed by atoms with Crippen LogP contribution in [0.5, 0.6) is 0 Å². The van der Waals surface area contributed by atoms with Crippen LogP contribution in [0, 0.1) is 6.92 Å². The summed E-state index contributed by atoms with van der Waals surface area (Å²) in [6.45, 7) is 2.10. The van der Waals surface area contributed by atoms with Crippen LogP contribution in [0.1, 0.15) is 64.6 Å². The van der Waals surface area contributed by atoms with Crippen molar-refractivity contribution in [2.24, 2.45) is 0 Å². The largest absolute Gasteiger partial charge is 0.465 e. The predicted octanol–water partition coefficient (Wildman–Crippen LogP) is 2.30. The van der Waals surface area contributed by atoms with Crippen molar-refractivity contribution in [1.82, 2.24) is 20.6 Å². The van der Waals surface area contributed by atoms with Gasteiger partial charge in [0.1, 0.15) is 17.2 Å². The number of aryl methyl sites for hydroxylation is 1.